The number of rotatable bonds is 7. The average molecular weight is 317 g/mol. The highest BCUT2D eigenvalue weighted by atomic mass is 16.2. The molecule has 0 spiro atoms. The standard InChI is InChI=1S/C19H31N3O/c1-4-18(21(5-2)6-3)19(23)22-13-16(12-20)17(14-22)15-10-8-7-9-11-15/h7-11,16-18H,4-6,12-14,20H2,1-3H3/t16-,17+,18?/m1/s1. The first-order valence-electron chi connectivity index (χ1n) is 8.93. The number of hydrogen-bond acceptors (Lipinski definition) is 3. The first kappa shape index (κ1) is 18.0. The molecule has 1 heterocycles. The first-order valence-corrected chi connectivity index (χ1v) is 8.93. The molecule has 128 valence electrons. The molecule has 1 aliphatic heterocycles. The second kappa shape index (κ2) is 8.46. The van der Waals surface area contributed by atoms with Crippen LogP contribution in [0, 0.1) is 5.92 Å². The van der Waals surface area contributed by atoms with Gasteiger partial charge in [0, 0.05) is 19.0 Å². The van der Waals surface area contributed by atoms with E-state index in [1.807, 2.05) is 11.0 Å². The van der Waals surface area contributed by atoms with Gasteiger partial charge < -0.3 is 10.6 Å². The van der Waals surface area contributed by atoms with E-state index >= 15 is 0 Å². The zero-order valence-electron chi connectivity index (χ0n) is 14.7. The number of hydrogen-bond donors (Lipinski definition) is 1. The fourth-order valence-electron chi connectivity index (χ4n) is 3.83. The quantitative estimate of drug-likeness (QED) is 0.839. The predicted octanol–water partition coefficient (Wildman–Crippen LogP) is 2.31. The lowest BCUT2D eigenvalue weighted by Crippen LogP contribution is -2.48. The molecule has 2 N–H and O–H groups in total. The largest absolute Gasteiger partial charge is 0.340 e. The summed E-state index contributed by atoms with van der Waals surface area (Å²) in [4.78, 5) is 17.3. The fraction of sp³-hybridized carbons (Fsp3) is 0.632. The Bertz CT molecular complexity index is 487. The zero-order valence-corrected chi connectivity index (χ0v) is 14.7. The molecular formula is C19H31N3O. The average Bonchev–Trinajstić information content (AvgIpc) is 3.04. The number of likely N-dealkylation sites (N-methyl/N-ethyl adjacent to an activating group) is 1. The molecule has 1 aliphatic rings. The lowest BCUT2D eigenvalue weighted by atomic mass is 9.89. The van der Waals surface area contributed by atoms with E-state index in [-0.39, 0.29) is 11.9 Å². The molecule has 23 heavy (non-hydrogen) atoms. The third-order valence-corrected chi connectivity index (χ3v) is 5.21. The van der Waals surface area contributed by atoms with Gasteiger partial charge in [-0.2, -0.15) is 0 Å². The Hall–Kier alpha value is -1.39. The summed E-state index contributed by atoms with van der Waals surface area (Å²) < 4.78 is 0. The minimum atomic E-state index is -0.00190. The summed E-state index contributed by atoms with van der Waals surface area (Å²) >= 11 is 0. The van der Waals surface area contributed by atoms with Gasteiger partial charge in [-0.05, 0) is 37.5 Å². The molecule has 1 amide bonds. The van der Waals surface area contributed by atoms with E-state index in [4.69, 9.17) is 5.73 Å². The third-order valence-electron chi connectivity index (χ3n) is 5.21. The fourth-order valence-corrected chi connectivity index (χ4v) is 3.83. The minimum absolute atomic E-state index is 0.00190. The van der Waals surface area contributed by atoms with E-state index in [1.165, 1.54) is 5.56 Å². The van der Waals surface area contributed by atoms with Crippen molar-refractivity contribution in [3.8, 4) is 0 Å². The maximum absolute atomic E-state index is 13.0. The number of carbonyl (C=O) groups excluding carboxylic acids is 1. The Labute approximate surface area is 140 Å². The van der Waals surface area contributed by atoms with Gasteiger partial charge in [0.1, 0.15) is 0 Å². The molecule has 0 aliphatic carbocycles. The molecule has 0 bridgehead atoms. The van der Waals surface area contributed by atoms with Crippen molar-refractivity contribution in [2.24, 2.45) is 11.7 Å². The number of nitrogens with zero attached hydrogens (tertiary/aromatic N) is 2. The maximum Gasteiger partial charge on any atom is 0.239 e. The predicted molar refractivity (Wildman–Crippen MR) is 95.3 cm³/mol. The SMILES string of the molecule is CCC(C(=O)N1C[C@@H](CN)[C@H](c2ccccc2)C1)N(CC)CC. The summed E-state index contributed by atoms with van der Waals surface area (Å²) in [6, 6.07) is 10.5. The molecule has 1 saturated heterocycles. The van der Waals surface area contributed by atoms with E-state index in [2.05, 4.69) is 49.9 Å². The van der Waals surface area contributed by atoms with Gasteiger partial charge in [-0.15, -0.1) is 0 Å². The summed E-state index contributed by atoms with van der Waals surface area (Å²) in [7, 11) is 0. The highest BCUT2D eigenvalue weighted by Crippen LogP contribution is 2.32. The van der Waals surface area contributed by atoms with E-state index < -0.39 is 0 Å². The van der Waals surface area contributed by atoms with Crippen LogP contribution in [0.25, 0.3) is 0 Å². The van der Waals surface area contributed by atoms with E-state index in [0.29, 0.717) is 18.4 Å². The van der Waals surface area contributed by atoms with Gasteiger partial charge in [-0.1, -0.05) is 51.1 Å². The summed E-state index contributed by atoms with van der Waals surface area (Å²) in [6.07, 6.45) is 0.861. The van der Waals surface area contributed by atoms with Crippen molar-refractivity contribution in [1.29, 1.82) is 0 Å². The van der Waals surface area contributed by atoms with E-state index in [9.17, 15) is 4.79 Å². The van der Waals surface area contributed by atoms with Crippen LogP contribution in [0.5, 0.6) is 0 Å². The van der Waals surface area contributed by atoms with Crippen molar-refractivity contribution < 1.29 is 4.79 Å². The summed E-state index contributed by atoms with van der Waals surface area (Å²) in [5, 5.41) is 0. The molecule has 1 unspecified atom stereocenters. The van der Waals surface area contributed by atoms with Crippen molar-refractivity contribution >= 4 is 5.91 Å². The van der Waals surface area contributed by atoms with Crippen LogP contribution in [0.1, 0.15) is 38.7 Å². The summed E-state index contributed by atoms with van der Waals surface area (Å²) in [6.45, 7) is 10.4. The van der Waals surface area contributed by atoms with Gasteiger partial charge >= 0.3 is 0 Å². The Balaban J connectivity index is 2.13. The van der Waals surface area contributed by atoms with Crippen LogP contribution < -0.4 is 5.73 Å². The molecular weight excluding hydrogens is 286 g/mol. The Kier molecular flexibility index (Phi) is 6.60. The van der Waals surface area contributed by atoms with Crippen LogP contribution in [0.4, 0.5) is 0 Å². The van der Waals surface area contributed by atoms with Crippen LogP contribution in [-0.2, 0) is 4.79 Å². The highest BCUT2D eigenvalue weighted by molar-refractivity contribution is 5.82. The number of carbonyl (C=O) groups is 1. The number of amides is 1. The van der Waals surface area contributed by atoms with Crippen molar-refractivity contribution in [1.82, 2.24) is 9.80 Å². The molecule has 1 aromatic rings. The van der Waals surface area contributed by atoms with Crippen LogP contribution >= 0.6 is 0 Å². The molecule has 0 saturated carbocycles. The number of likely N-dealkylation sites (tertiary alicyclic amines) is 1. The smallest absolute Gasteiger partial charge is 0.239 e. The van der Waals surface area contributed by atoms with Crippen molar-refractivity contribution in [3.05, 3.63) is 35.9 Å². The van der Waals surface area contributed by atoms with Crippen LogP contribution in [0.15, 0.2) is 30.3 Å². The van der Waals surface area contributed by atoms with Gasteiger partial charge in [-0.3, -0.25) is 9.69 Å². The Morgan fingerprint density at radius 3 is 2.39 bits per heavy atom. The normalized spacial score (nSPS) is 22.6. The number of benzene rings is 1. The highest BCUT2D eigenvalue weighted by Gasteiger charge is 2.38. The van der Waals surface area contributed by atoms with Gasteiger partial charge in [0.2, 0.25) is 5.91 Å². The lowest BCUT2D eigenvalue weighted by molar-refractivity contribution is -0.136. The first-order chi connectivity index (χ1) is 11.2. The molecule has 4 nitrogen and oxygen atoms in total. The van der Waals surface area contributed by atoms with Crippen molar-refractivity contribution in [2.45, 2.75) is 39.2 Å². The molecule has 4 heteroatoms. The summed E-state index contributed by atoms with van der Waals surface area (Å²) in [5.74, 6) is 0.989. The summed E-state index contributed by atoms with van der Waals surface area (Å²) in [5.41, 5.74) is 7.30. The van der Waals surface area contributed by atoms with E-state index in [1.54, 1.807) is 0 Å². The second-order valence-electron chi connectivity index (χ2n) is 6.40. The van der Waals surface area contributed by atoms with Crippen LogP contribution in [0.3, 0.4) is 0 Å². The molecule has 3 atom stereocenters. The Morgan fingerprint density at radius 2 is 1.87 bits per heavy atom. The van der Waals surface area contributed by atoms with Crippen LogP contribution in [0.2, 0.25) is 0 Å². The van der Waals surface area contributed by atoms with Crippen molar-refractivity contribution in [3.63, 3.8) is 0 Å². The topological polar surface area (TPSA) is 49.6 Å². The maximum atomic E-state index is 13.0. The molecule has 0 aromatic heterocycles. The van der Waals surface area contributed by atoms with E-state index in [0.717, 1.165) is 32.6 Å². The zero-order chi connectivity index (χ0) is 16.8. The molecule has 1 fully saturated rings. The molecule has 2 rings (SSSR count). The third kappa shape index (κ3) is 3.93. The number of nitrogens with two attached hydrogens (primary N) is 1. The monoisotopic (exact) mass is 317 g/mol. The van der Waals surface area contributed by atoms with Gasteiger partial charge in [0.25, 0.3) is 0 Å². The van der Waals surface area contributed by atoms with Crippen molar-refractivity contribution in [2.75, 3.05) is 32.7 Å². The van der Waals surface area contributed by atoms with Gasteiger partial charge in [0.05, 0.1) is 6.04 Å². The minimum Gasteiger partial charge on any atom is -0.340 e. The molecule has 1 aromatic carbocycles. The Morgan fingerprint density at radius 1 is 1.22 bits per heavy atom. The lowest BCUT2D eigenvalue weighted by Gasteiger charge is -2.31. The van der Waals surface area contributed by atoms with Crippen LogP contribution in [-0.4, -0.2) is 54.5 Å². The van der Waals surface area contributed by atoms with Gasteiger partial charge in [0.15, 0.2) is 0 Å². The van der Waals surface area contributed by atoms with Gasteiger partial charge in [-0.25, -0.2) is 0 Å². The second-order valence-corrected chi connectivity index (χ2v) is 6.40. The molecule has 0 radical (unpaired) electrons.